The molecule has 0 radical (unpaired) electrons. The number of nitrogens with two attached hydrogens (primary N) is 1. The van der Waals surface area contributed by atoms with Crippen LogP contribution in [0.5, 0.6) is 0 Å². The molecule has 0 amide bonds. The Morgan fingerprint density at radius 2 is 2.00 bits per heavy atom. The van der Waals surface area contributed by atoms with Crippen LogP contribution in [0.15, 0.2) is 0 Å². The van der Waals surface area contributed by atoms with E-state index in [0.29, 0.717) is 11.5 Å². The molecule has 88 valence electrons. The minimum absolute atomic E-state index is 0. The SMILES string of the molecule is CC(N)C12CCCC(C1)C1CCC2C1.Cl. The molecule has 0 aliphatic heterocycles. The Balaban J connectivity index is 0.000000853. The third-order valence-corrected chi connectivity index (χ3v) is 5.72. The molecule has 0 saturated heterocycles. The summed E-state index contributed by atoms with van der Waals surface area (Å²) < 4.78 is 0. The van der Waals surface area contributed by atoms with Crippen molar-refractivity contribution in [1.82, 2.24) is 0 Å². The lowest BCUT2D eigenvalue weighted by atomic mass is 9.54. The maximum absolute atomic E-state index is 6.29. The second kappa shape index (κ2) is 3.92. The molecule has 1 nitrogen and oxygen atoms in total. The van der Waals surface area contributed by atoms with Crippen molar-refractivity contribution in [2.75, 3.05) is 0 Å². The predicted octanol–water partition coefficient (Wildman–Crippen LogP) is 3.36. The Labute approximate surface area is 99.6 Å². The molecule has 0 spiro atoms. The van der Waals surface area contributed by atoms with E-state index in [1.807, 2.05) is 0 Å². The molecular weight excluding hydrogens is 206 g/mol. The molecule has 5 atom stereocenters. The van der Waals surface area contributed by atoms with Crippen molar-refractivity contribution < 1.29 is 0 Å². The molecule has 0 aromatic heterocycles. The second-order valence-corrected chi connectivity index (χ2v) is 6.15. The van der Waals surface area contributed by atoms with Gasteiger partial charge in [0.1, 0.15) is 0 Å². The number of hydrogen-bond acceptors (Lipinski definition) is 1. The summed E-state index contributed by atoms with van der Waals surface area (Å²) in [5, 5.41) is 0. The quantitative estimate of drug-likeness (QED) is 0.733. The number of halogens is 1. The fourth-order valence-electron chi connectivity index (χ4n) is 4.91. The third kappa shape index (κ3) is 1.54. The molecular formula is C13H24ClN. The largest absolute Gasteiger partial charge is 0.327 e. The van der Waals surface area contributed by atoms with Gasteiger partial charge in [0.25, 0.3) is 0 Å². The molecule has 3 saturated carbocycles. The lowest BCUT2D eigenvalue weighted by Gasteiger charge is -2.52. The Kier molecular flexibility index (Phi) is 3.07. The van der Waals surface area contributed by atoms with Gasteiger partial charge in [0.15, 0.2) is 0 Å². The summed E-state index contributed by atoms with van der Waals surface area (Å²) in [7, 11) is 0. The molecule has 3 rings (SSSR count). The van der Waals surface area contributed by atoms with Gasteiger partial charge in [-0.2, -0.15) is 0 Å². The fourth-order valence-corrected chi connectivity index (χ4v) is 4.91. The topological polar surface area (TPSA) is 26.0 Å². The highest BCUT2D eigenvalue weighted by atomic mass is 35.5. The van der Waals surface area contributed by atoms with Gasteiger partial charge in [-0.05, 0) is 62.2 Å². The molecule has 0 aromatic rings. The summed E-state index contributed by atoms with van der Waals surface area (Å²) in [6, 6.07) is 0.439. The van der Waals surface area contributed by atoms with E-state index in [2.05, 4.69) is 6.92 Å². The monoisotopic (exact) mass is 229 g/mol. The van der Waals surface area contributed by atoms with Crippen LogP contribution < -0.4 is 5.73 Å². The van der Waals surface area contributed by atoms with Crippen molar-refractivity contribution in [3.8, 4) is 0 Å². The molecule has 3 aliphatic carbocycles. The first kappa shape index (κ1) is 11.7. The van der Waals surface area contributed by atoms with Crippen molar-refractivity contribution in [3.05, 3.63) is 0 Å². The normalized spacial score (nSPS) is 49.6. The van der Waals surface area contributed by atoms with Crippen molar-refractivity contribution in [1.29, 1.82) is 0 Å². The van der Waals surface area contributed by atoms with Crippen LogP contribution in [0.1, 0.15) is 51.9 Å². The highest BCUT2D eigenvalue weighted by Crippen LogP contribution is 2.61. The van der Waals surface area contributed by atoms with E-state index >= 15 is 0 Å². The number of rotatable bonds is 1. The average Bonchev–Trinajstić information content (AvgIpc) is 2.62. The zero-order valence-electron chi connectivity index (χ0n) is 9.74. The van der Waals surface area contributed by atoms with Crippen LogP contribution in [0.2, 0.25) is 0 Å². The lowest BCUT2D eigenvalue weighted by molar-refractivity contribution is -0.00450. The minimum Gasteiger partial charge on any atom is -0.327 e. The van der Waals surface area contributed by atoms with Crippen molar-refractivity contribution in [2.45, 2.75) is 57.9 Å². The van der Waals surface area contributed by atoms with Crippen molar-refractivity contribution in [3.63, 3.8) is 0 Å². The standard InChI is InChI=1S/C13H23N.ClH/c1-9(14)13-6-2-3-11(8-13)10-4-5-12(13)7-10;/h9-12H,2-8,14H2,1H3;1H. The highest BCUT2D eigenvalue weighted by molar-refractivity contribution is 5.85. The molecule has 4 bridgehead atoms. The Morgan fingerprint density at radius 1 is 1.20 bits per heavy atom. The molecule has 2 N–H and O–H groups in total. The van der Waals surface area contributed by atoms with Gasteiger partial charge in [0.2, 0.25) is 0 Å². The smallest absolute Gasteiger partial charge is 0.00697 e. The van der Waals surface area contributed by atoms with Gasteiger partial charge < -0.3 is 5.73 Å². The molecule has 15 heavy (non-hydrogen) atoms. The molecule has 0 aromatic carbocycles. The van der Waals surface area contributed by atoms with E-state index < -0.39 is 0 Å². The number of fused-ring (bicyclic) bond motifs is 6. The Morgan fingerprint density at radius 3 is 2.73 bits per heavy atom. The highest BCUT2D eigenvalue weighted by Gasteiger charge is 2.53. The molecule has 3 aliphatic rings. The van der Waals surface area contributed by atoms with Crippen LogP contribution in [0, 0.1) is 23.2 Å². The van der Waals surface area contributed by atoms with E-state index in [4.69, 9.17) is 5.73 Å². The first-order valence-electron chi connectivity index (χ1n) is 6.48. The summed E-state index contributed by atoms with van der Waals surface area (Å²) >= 11 is 0. The van der Waals surface area contributed by atoms with Gasteiger partial charge in [0.05, 0.1) is 0 Å². The van der Waals surface area contributed by atoms with Crippen LogP contribution >= 0.6 is 12.4 Å². The average molecular weight is 230 g/mol. The number of hydrogen-bond donors (Lipinski definition) is 1. The van der Waals surface area contributed by atoms with Crippen LogP contribution in [0.4, 0.5) is 0 Å². The Bertz CT molecular complexity index is 241. The van der Waals surface area contributed by atoms with Crippen molar-refractivity contribution >= 4 is 12.4 Å². The van der Waals surface area contributed by atoms with E-state index in [-0.39, 0.29) is 12.4 Å². The van der Waals surface area contributed by atoms with Gasteiger partial charge in [-0.25, -0.2) is 0 Å². The molecule has 2 heteroatoms. The van der Waals surface area contributed by atoms with E-state index in [0.717, 1.165) is 17.8 Å². The van der Waals surface area contributed by atoms with Crippen LogP contribution in [0.25, 0.3) is 0 Å². The summed E-state index contributed by atoms with van der Waals surface area (Å²) in [4.78, 5) is 0. The van der Waals surface area contributed by atoms with Crippen LogP contribution in [-0.2, 0) is 0 Å². The zero-order valence-corrected chi connectivity index (χ0v) is 10.6. The summed E-state index contributed by atoms with van der Waals surface area (Å²) in [6.07, 6.45) is 10.4. The predicted molar refractivity (Wildman–Crippen MR) is 66.1 cm³/mol. The maximum Gasteiger partial charge on any atom is 0.00697 e. The van der Waals surface area contributed by atoms with Crippen molar-refractivity contribution in [2.24, 2.45) is 28.9 Å². The third-order valence-electron chi connectivity index (χ3n) is 5.72. The van der Waals surface area contributed by atoms with E-state index in [9.17, 15) is 0 Å². The zero-order chi connectivity index (χ0) is 9.76. The summed E-state index contributed by atoms with van der Waals surface area (Å²) in [5.74, 6) is 3.13. The first-order valence-corrected chi connectivity index (χ1v) is 6.48. The summed E-state index contributed by atoms with van der Waals surface area (Å²) in [6.45, 7) is 2.26. The van der Waals surface area contributed by atoms with Gasteiger partial charge >= 0.3 is 0 Å². The van der Waals surface area contributed by atoms with Gasteiger partial charge in [-0.1, -0.05) is 12.8 Å². The van der Waals surface area contributed by atoms with Gasteiger partial charge in [-0.15, -0.1) is 12.4 Å². The maximum atomic E-state index is 6.29. The lowest BCUT2D eigenvalue weighted by Crippen LogP contribution is -2.50. The van der Waals surface area contributed by atoms with Crippen LogP contribution in [-0.4, -0.2) is 6.04 Å². The van der Waals surface area contributed by atoms with Gasteiger partial charge in [0, 0.05) is 6.04 Å². The molecule has 0 heterocycles. The second-order valence-electron chi connectivity index (χ2n) is 6.15. The van der Waals surface area contributed by atoms with Gasteiger partial charge in [-0.3, -0.25) is 0 Å². The molecule has 3 fully saturated rings. The molecule has 5 unspecified atom stereocenters. The van der Waals surface area contributed by atoms with E-state index in [1.54, 1.807) is 0 Å². The minimum atomic E-state index is 0. The van der Waals surface area contributed by atoms with E-state index in [1.165, 1.54) is 44.9 Å². The fraction of sp³-hybridized carbons (Fsp3) is 1.00. The summed E-state index contributed by atoms with van der Waals surface area (Å²) in [5.41, 5.74) is 6.86. The first-order chi connectivity index (χ1) is 6.72. The van der Waals surface area contributed by atoms with Crippen LogP contribution in [0.3, 0.4) is 0 Å². The Hall–Kier alpha value is 0.250.